The van der Waals surface area contributed by atoms with E-state index in [2.05, 4.69) is 187 Å². The van der Waals surface area contributed by atoms with Crippen LogP contribution in [0.15, 0.2) is 188 Å². The molecule has 0 saturated carbocycles. The molecular weight excluding hydrogens is 669 g/mol. The summed E-state index contributed by atoms with van der Waals surface area (Å²) in [6.07, 6.45) is 0. The number of nitrogens with one attached hydrogen (secondary N) is 1. The maximum absolute atomic E-state index is 5.43. The van der Waals surface area contributed by atoms with Crippen LogP contribution in [-0.2, 0) is 0 Å². The monoisotopic (exact) mass is 700 g/mol. The quantitative estimate of drug-likeness (QED) is 0.182. The van der Waals surface area contributed by atoms with Crippen LogP contribution >= 0.6 is 0 Å². The minimum Gasteiger partial charge on any atom is -0.354 e. The molecule has 0 fully saturated rings. The molecule has 0 amide bonds. The summed E-state index contributed by atoms with van der Waals surface area (Å²) in [4.78, 5) is 19.9. The number of nitrogens with zero attached hydrogens (tertiary/aromatic N) is 3. The van der Waals surface area contributed by atoms with Gasteiger partial charge < -0.3 is 4.98 Å². The Morgan fingerprint density at radius 2 is 0.891 bits per heavy atom. The Balaban J connectivity index is 1.22. The number of benzene rings is 9. The number of aromatic amines is 1. The minimum absolute atomic E-state index is 0.628. The van der Waals surface area contributed by atoms with Crippen molar-refractivity contribution >= 4 is 54.1 Å². The van der Waals surface area contributed by atoms with Crippen LogP contribution in [0.1, 0.15) is 0 Å². The SMILES string of the molecule is c1ccc(-c2ccc3c(c2)[nH]c2cccc(-c4nc(-c5ccccc5-c5ccccc5)nc(-c5cc6ccccc6c6ccc7ccccc7c56)n4)c23)cc1. The Hall–Kier alpha value is -7.43. The van der Waals surface area contributed by atoms with Crippen LogP contribution in [0.2, 0.25) is 0 Å². The van der Waals surface area contributed by atoms with Crippen molar-refractivity contribution in [3.8, 4) is 56.4 Å². The first-order valence-electron chi connectivity index (χ1n) is 18.6. The molecule has 0 saturated heterocycles. The molecule has 11 aromatic rings. The van der Waals surface area contributed by atoms with E-state index >= 15 is 0 Å². The van der Waals surface area contributed by atoms with Crippen molar-refractivity contribution in [2.24, 2.45) is 0 Å². The van der Waals surface area contributed by atoms with Crippen LogP contribution in [0.5, 0.6) is 0 Å². The van der Waals surface area contributed by atoms with Gasteiger partial charge in [0.1, 0.15) is 0 Å². The molecule has 0 aliphatic rings. The molecular formula is C51H32N4. The maximum atomic E-state index is 5.43. The van der Waals surface area contributed by atoms with Gasteiger partial charge in [-0.25, -0.2) is 15.0 Å². The lowest BCUT2D eigenvalue weighted by atomic mass is 9.92. The fourth-order valence-electron chi connectivity index (χ4n) is 8.30. The molecule has 0 atom stereocenters. The highest BCUT2D eigenvalue weighted by molar-refractivity contribution is 6.22. The van der Waals surface area contributed by atoms with E-state index < -0.39 is 0 Å². The Bertz CT molecular complexity index is 3260. The Labute approximate surface area is 317 Å². The molecule has 0 spiro atoms. The zero-order valence-corrected chi connectivity index (χ0v) is 29.7. The molecule has 0 unspecified atom stereocenters. The summed E-state index contributed by atoms with van der Waals surface area (Å²) in [5.41, 5.74) is 9.51. The molecule has 256 valence electrons. The molecule has 2 aromatic heterocycles. The van der Waals surface area contributed by atoms with E-state index in [4.69, 9.17) is 15.0 Å². The zero-order chi connectivity index (χ0) is 36.3. The van der Waals surface area contributed by atoms with Crippen molar-refractivity contribution in [1.82, 2.24) is 19.9 Å². The summed E-state index contributed by atoms with van der Waals surface area (Å²) in [5, 5.41) is 9.21. The Kier molecular flexibility index (Phi) is 7.14. The van der Waals surface area contributed by atoms with Gasteiger partial charge >= 0.3 is 0 Å². The minimum atomic E-state index is 0.628. The second-order valence-corrected chi connectivity index (χ2v) is 14.1. The number of hydrogen-bond acceptors (Lipinski definition) is 3. The molecule has 1 N–H and O–H groups in total. The first kappa shape index (κ1) is 31.1. The smallest absolute Gasteiger partial charge is 0.164 e. The van der Waals surface area contributed by atoms with Crippen molar-refractivity contribution < 1.29 is 0 Å². The van der Waals surface area contributed by atoms with E-state index in [0.29, 0.717) is 17.5 Å². The molecule has 4 heteroatoms. The summed E-state index contributed by atoms with van der Waals surface area (Å²) in [7, 11) is 0. The number of fused-ring (bicyclic) bond motifs is 8. The van der Waals surface area contributed by atoms with E-state index in [1.165, 1.54) is 32.7 Å². The molecule has 11 rings (SSSR count). The Morgan fingerprint density at radius 1 is 0.291 bits per heavy atom. The third-order valence-corrected chi connectivity index (χ3v) is 10.8. The van der Waals surface area contributed by atoms with Gasteiger partial charge in [0.05, 0.1) is 0 Å². The first-order chi connectivity index (χ1) is 27.3. The summed E-state index contributed by atoms with van der Waals surface area (Å²) in [6, 6.07) is 66.3. The fraction of sp³-hybridized carbons (Fsp3) is 0. The van der Waals surface area contributed by atoms with Crippen molar-refractivity contribution in [3.63, 3.8) is 0 Å². The number of H-pyrrole nitrogens is 1. The average molecular weight is 701 g/mol. The number of hydrogen-bond donors (Lipinski definition) is 1. The maximum Gasteiger partial charge on any atom is 0.164 e. The first-order valence-corrected chi connectivity index (χ1v) is 18.6. The second kappa shape index (κ2) is 12.6. The van der Waals surface area contributed by atoms with E-state index in [1.54, 1.807) is 0 Å². The van der Waals surface area contributed by atoms with Gasteiger partial charge in [-0.1, -0.05) is 170 Å². The number of rotatable bonds is 5. The predicted molar refractivity (Wildman–Crippen MR) is 229 cm³/mol. The van der Waals surface area contributed by atoms with Crippen LogP contribution in [0.3, 0.4) is 0 Å². The van der Waals surface area contributed by atoms with Crippen molar-refractivity contribution in [2.45, 2.75) is 0 Å². The molecule has 9 aromatic carbocycles. The molecule has 0 aliphatic heterocycles. The molecule has 0 radical (unpaired) electrons. The third kappa shape index (κ3) is 5.19. The fourth-order valence-corrected chi connectivity index (χ4v) is 8.30. The van der Waals surface area contributed by atoms with E-state index in [1.807, 2.05) is 6.07 Å². The normalized spacial score (nSPS) is 11.6. The van der Waals surface area contributed by atoms with E-state index in [-0.39, 0.29) is 0 Å². The lowest BCUT2D eigenvalue weighted by molar-refractivity contribution is 1.08. The standard InChI is InChI=1S/C51H32N4/c1-3-14-32(15-4-1)35-27-29-42-46(31-35)52-45-25-13-24-43(48(42)45)50-53-49(41-23-12-11-20-37(41)33-16-5-2-6-17-33)54-51(55-50)44-30-36-19-8-9-21-38(36)40-28-26-34-18-7-10-22-39(34)47(40)44/h1-31,52H. The van der Waals surface area contributed by atoms with Crippen LogP contribution in [0.4, 0.5) is 0 Å². The van der Waals surface area contributed by atoms with Gasteiger partial charge in [-0.15, -0.1) is 0 Å². The van der Waals surface area contributed by atoms with Gasteiger partial charge in [0.25, 0.3) is 0 Å². The van der Waals surface area contributed by atoms with Gasteiger partial charge in [0.2, 0.25) is 0 Å². The summed E-state index contributed by atoms with van der Waals surface area (Å²) in [6.45, 7) is 0. The second-order valence-electron chi connectivity index (χ2n) is 14.1. The Morgan fingerprint density at radius 3 is 1.69 bits per heavy atom. The molecule has 4 nitrogen and oxygen atoms in total. The van der Waals surface area contributed by atoms with Gasteiger partial charge in [0, 0.05) is 43.9 Å². The molecule has 0 bridgehead atoms. The van der Waals surface area contributed by atoms with Crippen molar-refractivity contribution in [2.75, 3.05) is 0 Å². The van der Waals surface area contributed by atoms with E-state index in [0.717, 1.165) is 60.4 Å². The number of aromatic nitrogens is 4. The van der Waals surface area contributed by atoms with Crippen LogP contribution in [-0.4, -0.2) is 19.9 Å². The van der Waals surface area contributed by atoms with Gasteiger partial charge in [-0.3, -0.25) is 0 Å². The van der Waals surface area contributed by atoms with Crippen molar-refractivity contribution in [3.05, 3.63) is 188 Å². The average Bonchev–Trinajstić information content (AvgIpc) is 3.65. The van der Waals surface area contributed by atoms with Gasteiger partial charge in [-0.05, 0) is 67.4 Å². The van der Waals surface area contributed by atoms with Crippen LogP contribution in [0, 0.1) is 0 Å². The highest BCUT2D eigenvalue weighted by Gasteiger charge is 2.21. The zero-order valence-electron chi connectivity index (χ0n) is 29.7. The largest absolute Gasteiger partial charge is 0.354 e. The topological polar surface area (TPSA) is 54.5 Å². The lowest BCUT2D eigenvalue weighted by Gasteiger charge is -2.15. The van der Waals surface area contributed by atoms with Crippen LogP contribution in [0.25, 0.3) is 111 Å². The lowest BCUT2D eigenvalue weighted by Crippen LogP contribution is -2.02. The van der Waals surface area contributed by atoms with Crippen molar-refractivity contribution in [1.29, 1.82) is 0 Å². The predicted octanol–water partition coefficient (Wildman–Crippen LogP) is 13.3. The summed E-state index contributed by atoms with van der Waals surface area (Å²) >= 11 is 0. The molecule has 2 heterocycles. The van der Waals surface area contributed by atoms with Gasteiger partial charge in [-0.2, -0.15) is 0 Å². The third-order valence-electron chi connectivity index (χ3n) is 10.8. The highest BCUT2D eigenvalue weighted by Crippen LogP contribution is 2.41. The molecule has 55 heavy (non-hydrogen) atoms. The summed E-state index contributed by atoms with van der Waals surface area (Å²) < 4.78 is 0. The highest BCUT2D eigenvalue weighted by atomic mass is 15.0. The van der Waals surface area contributed by atoms with Gasteiger partial charge in [0.15, 0.2) is 17.5 Å². The van der Waals surface area contributed by atoms with Crippen LogP contribution < -0.4 is 0 Å². The summed E-state index contributed by atoms with van der Waals surface area (Å²) in [5.74, 6) is 1.89. The molecule has 0 aliphatic carbocycles. The van der Waals surface area contributed by atoms with E-state index in [9.17, 15) is 0 Å².